The van der Waals surface area contributed by atoms with Crippen molar-refractivity contribution in [3.63, 3.8) is 0 Å². The van der Waals surface area contributed by atoms with E-state index in [4.69, 9.17) is 24.0 Å². The van der Waals surface area contributed by atoms with E-state index in [1.165, 1.54) is 14.0 Å². The van der Waals surface area contributed by atoms with Gasteiger partial charge in [0.15, 0.2) is 0 Å². The molecule has 1 amide bonds. The number of hydrogen-bond acceptors (Lipinski definition) is 8. The molecule has 0 aromatic carbocycles. The number of hydrogen-bond donors (Lipinski definition) is 3. The Bertz CT molecular complexity index is 345. The van der Waals surface area contributed by atoms with E-state index in [9.17, 15) is 9.36 Å². The number of methoxy groups -OCH3 is 1. The second-order valence-electron chi connectivity index (χ2n) is 4.39. The van der Waals surface area contributed by atoms with Crippen molar-refractivity contribution in [2.45, 2.75) is 25.9 Å². The van der Waals surface area contributed by atoms with Crippen LogP contribution >= 0.6 is 18.2 Å². The first-order valence-electron chi connectivity index (χ1n) is 7.00. The molecule has 0 fully saturated rings. The second kappa shape index (κ2) is 13.3. The highest BCUT2D eigenvalue weighted by Gasteiger charge is 2.29. The third kappa shape index (κ3) is 11.4. The summed E-state index contributed by atoms with van der Waals surface area (Å²) in [6.07, 6.45) is 0.713. The molecule has 0 heterocycles. The lowest BCUT2D eigenvalue weighted by atomic mass is 10.3. The minimum atomic E-state index is -3.48. The van der Waals surface area contributed by atoms with Crippen molar-refractivity contribution in [3.05, 3.63) is 0 Å². The van der Waals surface area contributed by atoms with Crippen molar-refractivity contribution < 1.29 is 33.4 Å². The Hall–Kier alpha value is -0.150. The number of nitrogens with one attached hydrogen (secondary N) is 1. The van der Waals surface area contributed by atoms with E-state index in [0.717, 1.165) is 24.2 Å². The Kier molecular flexibility index (Phi) is 13.2. The Morgan fingerprint density at radius 3 is 2.64 bits per heavy atom. The topological polar surface area (TPSA) is 114 Å². The van der Waals surface area contributed by atoms with Crippen molar-refractivity contribution in [1.82, 2.24) is 5.32 Å². The van der Waals surface area contributed by atoms with Crippen molar-refractivity contribution in [1.29, 1.82) is 0 Å². The monoisotopic (exact) mass is 359 g/mol. The molecule has 2 atom stereocenters. The first kappa shape index (κ1) is 21.9. The van der Waals surface area contributed by atoms with Crippen molar-refractivity contribution in [3.8, 4) is 0 Å². The Balaban J connectivity index is 4.24. The van der Waals surface area contributed by atoms with Gasteiger partial charge in [-0.1, -0.05) is 0 Å². The van der Waals surface area contributed by atoms with Crippen LogP contribution in [0.15, 0.2) is 0 Å². The highest BCUT2D eigenvalue weighted by Crippen LogP contribution is 2.61. The molecule has 10 heteroatoms. The molecule has 0 radical (unpaired) electrons. The molecule has 0 saturated carbocycles. The summed E-state index contributed by atoms with van der Waals surface area (Å²) in [4.78, 5) is 10.7. The number of carbonyl (C=O) groups excluding carboxylic acids is 1. The van der Waals surface area contributed by atoms with Gasteiger partial charge in [-0.25, -0.2) is 4.57 Å². The van der Waals surface area contributed by atoms with Gasteiger partial charge < -0.3 is 20.3 Å². The van der Waals surface area contributed by atoms with Crippen LogP contribution in [-0.4, -0.2) is 68.1 Å². The van der Waals surface area contributed by atoms with Gasteiger partial charge in [0.2, 0.25) is 5.91 Å². The van der Waals surface area contributed by atoms with Crippen LogP contribution in [0.4, 0.5) is 0 Å². The zero-order chi connectivity index (χ0) is 16.8. The summed E-state index contributed by atoms with van der Waals surface area (Å²) >= 11 is 1.01. The third-order valence-electron chi connectivity index (χ3n) is 2.37. The standard InChI is InChI=1S/C12H26NO7PS/c1-11(16)13-5-3-4-8-22-21(17,19-7-6-14)20-12(9-15)10-18-2/h12,14-15H,3-10H2,1-2H3,(H,13,16). The van der Waals surface area contributed by atoms with Crippen LogP contribution in [0.1, 0.15) is 19.8 Å². The SMILES string of the molecule is COCC(CO)OP(=O)(OCCO)SCCCCNC(C)=O. The molecule has 0 aliphatic rings. The maximum Gasteiger partial charge on any atom is 0.389 e. The minimum absolute atomic E-state index is 0.0849. The van der Waals surface area contributed by atoms with Crippen molar-refractivity contribution in [2.75, 3.05) is 45.8 Å². The predicted molar refractivity (Wildman–Crippen MR) is 84.9 cm³/mol. The van der Waals surface area contributed by atoms with E-state index in [-0.39, 0.29) is 32.3 Å². The summed E-state index contributed by atoms with van der Waals surface area (Å²) in [5, 5.41) is 20.6. The maximum absolute atomic E-state index is 12.5. The maximum atomic E-state index is 12.5. The molecule has 0 bridgehead atoms. The number of unbranched alkanes of at least 4 members (excludes halogenated alkanes) is 1. The van der Waals surface area contributed by atoms with E-state index in [1.807, 2.05) is 0 Å². The lowest BCUT2D eigenvalue weighted by Gasteiger charge is -2.22. The van der Waals surface area contributed by atoms with Crippen LogP contribution in [0.3, 0.4) is 0 Å². The van der Waals surface area contributed by atoms with Gasteiger partial charge in [0.1, 0.15) is 6.10 Å². The Labute approximate surface area is 135 Å². The van der Waals surface area contributed by atoms with Gasteiger partial charge in [0, 0.05) is 26.3 Å². The molecular weight excluding hydrogens is 333 g/mol. The number of ether oxygens (including phenoxy) is 1. The lowest BCUT2D eigenvalue weighted by Crippen LogP contribution is -2.22. The zero-order valence-electron chi connectivity index (χ0n) is 13.0. The molecule has 132 valence electrons. The summed E-state index contributed by atoms with van der Waals surface area (Å²) in [6, 6.07) is 0. The molecule has 0 aromatic heterocycles. The minimum Gasteiger partial charge on any atom is -0.394 e. The third-order valence-corrected chi connectivity index (χ3v) is 6.28. The van der Waals surface area contributed by atoms with Crippen LogP contribution in [0.2, 0.25) is 0 Å². The highest BCUT2D eigenvalue weighted by atomic mass is 32.7. The molecule has 2 unspecified atom stereocenters. The highest BCUT2D eigenvalue weighted by molar-refractivity contribution is 8.55. The normalized spacial score (nSPS) is 15.3. The average Bonchev–Trinajstić information content (AvgIpc) is 2.48. The fourth-order valence-corrected chi connectivity index (χ4v) is 5.01. The fourth-order valence-electron chi connectivity index (χ4n) is 1.40. The van der Waals surface area contributed by atoms with E-state index < -0.39 is 12.9 Å². The first-order valence-corrected chi connectivity index (χ1v) is 10.1. The molecule has 3 N–H and O–H groups in total. The van der Waals surface area contributed by atoms with Crippen LogP contribution in [0.5, 0.6) is 0 Å². The van der Waals surface area contributed by atoms with Crippen LogP contribution < -0.4 is 5.32 Å². The zero-order valence-corrected chi connectivity index (χ0v) is 14.7. The Morgan fingerprint density at radius 1 is 1.36 bits per heavy atom. The predicted octanol–water partition coefficient (Wildman–Crippen LogP) is 0.777. The largest absolute Gasteiger partial charge is 0.394 e. The quantitative estimate of drug-likeness (QED) is 0.308. The smallest absolute Gasteiger partial charge is 0.389 e. The molecule has 0 rings (SSSR count). The molecule has 0 aliphatic heterocycles. The van der Waals surface area contributed by atoms with Gasteiger partial charge in [-0.15, -0.1) is 0 Å². The van der Waals surface area contributed by atoms with Gasteiger partial charge in [0.25, 0.3) is 0 Å². The lowest BCUT2D eigenvalue weighted by molar-refractivity contribution is -0.118. The van der Waals surface area contributed by atoms with Gasteiger partial charge in [-0.3, -0.25) is 13.8 Å². The van der Waals surface area contributed by atoms with Crippen LogP contribution in [0.25, 0.3) is 0 Å². The Morgan fingerprint density at radius 2 is 2.09 bits per heavy atom. The second-order valence-corrected chi connectivity index (χ2v) is 8.54. The van der Waals surface area contributed by atoms with Gasteiger partial charge >= 0.3 is 6.80 Å². The summed E-state index contributed by atoms with van der Waals surface area (Å²) in [5.41, 5.74) is 0. The van der Waals surface area contributed by atoms with Crippen LogP contribution in [-0.2, 0) is 23.1 Å². The van der Waals surface area contributed by atoms with E-state index in [2.05, 4.69) is 5.32 Å². The summed E-state index contributed by atoms with van der Waals surface area (Å²) in [5.74, 6) is 0.422. The number of carbonyl (C=O) groups is 1. The van der Waals surface area contributed by atoms with E-state index >= 15 is 0 Å². The summed E-state index contributed by atoms with van der Waals surface area (Å²) in [6.45, 7) is -2.11. The molecule has 0 saturated heterocycles. The number of aliphatic hydroxyl groups is 2. The summed E-state index contributed by atoms with van der Waals surface area (Å²) in [7, 11) is 1.45. The van der Waals surface area contributed by atoms with Gasteiger partial charge in [-0.2, -0.15) is 0 Å². The van der Waals surface area contributed by atoms with Crippen LogP contribution in [0, 0.1) is 0 Å². The molecule has 22 heavy (non-hydrogen) atoms. The summed E-state index contributed by atoms with van der Waals surface area (Å²) < 4.78 is 27.8. The van der Waals surface area contributed by atoms with Crippen molar-refractivity contribution in [2.24, 2.45) is 0 Å². The van der Waals surface area contributed by atoms with Gasteiger partial charge in [0.05, 0.1) is 26.4 Å². The number of rotatable bonds is 14. The molecule has 8 nitrogen and oxygen atoms in total. The van der Waals surface area contributed by atoms with E-state index in [0.29, 0.717) is 12.3 Å². The first-order chi connectivity index (χ1) is 10.5. The van der Waals surface area contributed by atoms with Gasteiger partial charge in [-0.05, 0) is 24.2 Å². The number of amides is 1. The molecule has 0 spiro atoms. The molecule has 0 aliphatic carbocycles. The molecule has 0 aromatic rings. The van der Waals surface area contributed by atoms with Crippen molar-refractivity contribution >= 4 is 24.1 Å². The average molecular weight is 359 g/mol. The fraction of sp³-hybridized carbons (Fsp3) is 0.917. The number of aliphatic hydroxyl groups excluding tert-OH is 2. The molecular formula is C12H26NO7PS. The van der Waals surface area contributed by atoms with E-state index in [1.54, 1.807) is 0 Å².